The van der Waals surface area contributed by atoms with E-state index in [1.54, 1.807) is 12.1 Å². The van der Waals surface area contributed by atoms with E-state index in [1.807, 2.05) is 73.7 Å². The SMILES string of the molecule is Cc1c(CCOC(=O)N(c2ccccc2)c2ccccc2)cccc1OCC(=O)O. The maximum Gasteiger partial charge on any atom is 0.418 e. The molecule has 6 nitrogen and oxygen atoms in total. The van der Waals surface area contributed by atoms with Gasteiger partial charge >= 0.3 is 12.1 Å². The standard InChI is InChI=1S/C24H23NO5/c1-18-19(9-8-14-22(18)30-17-23(26)27)15-16-29-24(28)25(20-10-4-2-5-11-20)21-12-6-3-7-13-21/h2-14H,15-17H2,1H3,(H,26,27). The Bertz CT molecular complexity index is 949. The Kier molecular flexibility index (Phi) is 7.05. The Morgan fingerprint density at radius 3 is 2.03 bits per heavy atom. The molecule has 0 heterocycles. The van der Waals surface area contributed by atoms with Crippen LogP contribution in [0.4, 0.5) is 16.2 Å². The first-order valence-corrected chi connectivity index (χ1v) is 9.56. The summed E-state index contributed by atoms with van der Waals surface area (Å²) in [6, 6.07) is 24.1. The average Bonchev–Trinajstić information content (AvgIpc) is 2.76. The van der Waals surface area contributed by atoms with Crippen LogP contribution in [-0.4, -0.2) is 30.4 Å². The second kappa shape index (κ2) is 10.1. The van der Waals surface area contributed by atoms with E-state index in [4.69, 9.17) is 14.6 Å². The van der Waals surface area contributed by atoms with Crippen molar-refractivity contribution in [2.24, 2.45) is 0 Å². The van der Waals surface area contributed by atoms with Gasteiger partial charge in [-0.05, 0) is 48.4 Å². The molecule has 0 saturated heterocycles. The van der Waals surface area contributed by atoms with Crippen LogP contribution in [0, 0.1) is 6.92 Å². The highest BCUT2D eigenvalue weighted by atomic mass is 16.6. The summed E-state index contributed by atoms with van der Waals surface area (Å²) in [5.74, 6) is -0.521. The summed E-state index contributed by atoms with van der Waals surface area (Å²) in [5.41, 5.74) is 3.19. The number of carbonyl (C=O) groups excluding carboxylic acids is 1. The predicted octanol–water partition coefficient (Wildman–Crippen LogP) is 4.98. The quantitative estimate of drug-likeness (QED) is 0.572. The lowest BCUT2D eigenvalue weighted by Crippen LogP contribution is -2.27. The molecule has 3 aromatic carbocycles. The number of anilines is 2. The summed E-state index contributed by atoms with van der Waals surface area (Å²) in [7, 11) is 0. The van der Waals surface area contributed by atoms with E-state index in [2.05, 4.69) is 0 Å². The summed E-state index contributed by atoms with van der Waals surface area (Å²) < 4.78 is 10.9. The summed E-state index contributed by atoms with van der Waals surface area (Å²) in [6.45, 7) is 1.63. The van der Waals surface area contributed by atoms with Gasteiger partial charge < -0.3 is 14.6 Å². The van der Waals surface area contributed by atoms with Gasteiger partial charge in [0.2, 0.25) is 0 Å². The number of amides is 1. The summed E-state index contributed by atoms with van der Waals surface area (Å²) in [5, 5.41) is 8.79. The Labute approximate surface area is 175 Å². The number of carboxylic acid groups (broad SMARTS) is 1. The number of benzene rings is 3. The Balaban J connectivity index is 1.68. The molecule has 3 rings (SSSR count). The number of hydrogen-bond donors (Lipinski definition) is 1. The van der Waals surface area contributed by atoms with Crippen molar-refractivity contribution < 1.29 is 24.2 Å². The molecule has 0 atom stereocenters. The molecular formula is C24H23NO5. The van der Waals surface area contributed by atoms with Crippen molar-refractivity contribution >= 4 is 23.4 Å². The van der Waals surface area contributed by atoms with Crippen molar-refractivity contribution in [2.75, 3.05) is 18.1 Å². The minimum atomic E-state index is -1.03. The molecule has 1 N–H and O–H groups in total. The van der Waals surface area contributed by atoms with Crippen LogP contribution >= 0.6 is 0 Å². The first kappa shape index (κ1) is 20.9. The second-order valence-corrected chi connectivity index (χ2v) is 6.59. The molecule has 0 fully saturated rings. The van der Waals surface area contributed by atoms with Crippen LogP contribution in [0.25, 0.3) is 0 Å². The van der Waals surface area contributed by atoms with Gasteiger partial charge in [-0.1, -0.05) is 48.5 Å². The lowest BCUT2D eigenvalue weighted by atomic mass is 10.1. The Hall–Kier alpha value is -3.80. The maximum absolute atomic E-state index is 12.9. The largest absolute Gasteiger partial charge is 0.482 e. The van der Waals surface area contributed by atoms with Crippen LogP contribution in [0.1, 0.15) is 11.1 Å². The first-order chi connectivity index (χ1) is 14.6. The van der Waals surface area contributed by atoms with Gasteiger partial charge in [0.05, 0.1) is 18.0 Å². The van der Waals surface area contributed by atoms with Crippen molar-refractivity contribution in [3.63, 3.8) is 0 Å². The van der Waals surface area contributed by atoms with Crippen molar-refractivity contribution in [1.82, 2.24) is 0 Å². The molecule has 0 spiro atoms. The summed E-state index contributed by atoms with van der Waals surface area (Å²) >= 11 is 0. The molecule has 0 radical (unpaired) electrons. The van der Waals surface area contributed by atoms with Gasteiger partial charge in [0.25, 0.3) is 0 Å². The fourth-order valence-corrected chi connectivity index (χ4v) is 3.05. The minimum absolute atomic E-state index is 0.179. The second-order valence-electron chi connectivity index (χ2n) is 6.59. The smallest absolute Gasteiger partial charge is 0.418 e. The van der Waals surface area contributed by atoms with Crippen LogP contribution in [0.2, 0.25) is 0 Å². The highest BCUT2D eigenvalue weighted by Crippen LogP contribution is 2.26. The van der Waals surface area contributed by atoms with Crippen molar-refractivity contribution in [3.05, 3.63) is 90.0 Å². The summed E-state index contributed by atoms with van der Waals surface area (Å²) in [6.07, 6.45) is 0.0162. The molecule has 30 heavy (non-hydrogen) atoms. The molecule has 0 aliphatic rings. The molecule has 0 aliphatic carbocycles. The lowest BCUT2D eigenvalue weighted by molar-refractivity contribution is -0.139. The van der Waals surface area contributed by atoms with Crippen LogP contribution in [0.15, 0.2) is 78.9 Å². The van der Waals surface area contributed by atoms with Gasteiger partial charge in [-0.2, -0.15) is 0 Å². The van der Waals surface area contributed by atoms with Crippen LogP contribution in [0.5, 0.6) is 5.75 Å². The number of carbonyl (C=O) groups is 2. The Morgan fingerprint density at radius 1 is 0.867 bits per heavy atom. The number of nitrogens with zero attached hydrogens (tertiary/aromatic N) is 1. The highest BCUT2D eigenvalue weighted by Gasteiger charge is 2.19. The van der Waals surface area contributed by atoms with Gasteiger partial charge in [-0.3, -0.25) is 0 Å². The van der Waals surface area contributed by atoms with Crippen molar-refractivity contribution in [2.45, 2.75) is 13.3 Å². The zero-order valence-corrected chi connectivity index (χ0v) is 16.7. The zero-order chi connectivity index (χ0) is 21.3. The lowest BCUT2D eigenvalue weighted by Gasteiger charge is -2.22. The van der Waals surface area contributed by atoms with E-state index in [-0.39, 0.29) is 6.61 Å². The molecule has 1 amide bonds. The van der Waals surface area contributed by atoms with Gasteiger partial charge in [0.15, 0.2) is 6.61 Å². The molecule has 3 aromatic rings. The van der Waals surface area contributed by atoms with E-state index >= 15 is 0 Å². The fourth-order valence-electron chi connectivity index (χ4n) is 3.05. The number of para-hydroxylation sites is 2. The third kappa shape index (κ3) is 5.38. The third-order valence-corrected chi connectivity index (χ3v) is 4.56. The molecule has 0 unspecified atom stereocenters. The van der Waals surface area contributed by atoms with Crippen molar-refractivity contribution in [3.8, 4) is 5.75 Å². The minimum Gasteiger partial charge on any atom is -0.482 e. The topological polar surface area (TPSA) is 76.1 Å². The maximum atomic E-state index is 12.9. The zero-order valence-electron chi connectivity index (χ0n) is 16.7. The molecule has 0 aromatic heterocycles. The van der Waals surface area contributed by atoms with E-state index in [9.17, 15) is 9.59 Å². The van der Waals surface area contributed by atoms with Gasteiger partial charge in [0, 0.05) is 6.42 Å². The van der Waals surface area contributed by atoms with Gasteiger partial charge in [-0.25, -0.2) is 14.5 Å². The molecule has 154 valence electrons. The van der Waals surface area contributed by atoms with Gasteiger partial charge in [-0.15, -0.1) is 0 Å². The van der Waals surface area contributed by atoms with Crippen LogP contribution in [0.3, 0.4) is 0 Å². The van der Waals surface area contributed by atoms with Crippen LogP contribution < -0.4 is 9.64 Å². The molecule has 6 heteroatoms. The van der Waals surface area contributed by atoms with E-state index in [0.29, 0.717) is 23.5 Å². The Morgan fingerprint density at radius 2 is 1.47 bits per heavy atom. The number of ether oxygens (including phenoxy) is 2. The molecule has 0 saturated carbocycles. The molecule has 0 aliphatic heterocycles. The molecular weight excluding hydrogens is 382 g/mol. The van der Waals surface area contributed by atoms with E-state index in [1.165, 1.54) is 4.90 Å². The van der Waals surface area contributed by atoms with E-state index < -0.39 is 18.7 Å². The summed E-state index contributed by atoms with van der Waals surface area (Å²) in [4.78, 5) is 25.1. The number of carboxylic acids is 1. The monoisotopic (exact) mass is 405 g/mol. The highest BCUT2D eigenvalue weighted by molar-refractivity contribution is 5.95. The third-order valence-electron chi connectivity index (χ3n) is 4.56. The molecule has 0 bridgehead atoms. The number of aliphatic carboxylic acids is 1. The number of rotatable bonds is 8. The van der Waals surface area contributed by atoms with Crippen molar-refractivity contribution in [1.29, 1.82) is 0 Å². The van der Waals surface area contributed by atoms with E-state index in [0.717, 1.165) is 11.1 Å². The first-order valence-electron chi connectivity index (χ1n) is 9.56. The van der Waals surface area contributed by atoms with Crippen LogP contribution in [-0.2, 0) is 16.0 Å². The predicted molar refractivity (Wildman–Crippen MR) is 114 cm³/mol. The van der Waals surface area contributed by atoms with Gasteiger partial charge in [0.1, 0.15) is 5.75 Å². The number of hydrogen-bond acceptors (Lipinski definition) is 4. The average molecular weight is 405 g/mol. The normalized spacial score (nSPS) is 10.3. The fraction of sp³-hybridized carbons (Fsp3) is 0.167.